The first-order valence-corrected chi connectivity index (χ1v) is 8.17. The highest BCUT2D eigenvalue weighted by Crippen LogP contribution is 2.29. The molecule has 7 nitrogen and oxygen atoms in total. The van der Waals surface area contributed by atoms with Gasteiger partial charge in [0.1, 0.15) is 11.5 Å². The fourth-order valence-corrected chi connectivity index (χ4v) is 2.55. The van der Waals surface area contributed by atoms with Gasteiger partial charge >= 0.3 is 6.09 Å². The number of rotatable bonds is 4. The summed E-state index contributed by atoms with van der Waals surface area (Å²) in [6, 6.07) is 17.4. The Labute approximate surface area is 154 Å². The Bertz CT molecular complexity index is 1060. The number of hydrogen-bond donors (Lipinski definition) is 1. The number of fused-ring (bicyclic) bond motifs is 1. The number of nitrogens with one attached hydrogen (secondary N) is 1. The fourth-order valence-electron chi connectivity index (χ4n) is 2.55. The standard InChI is InChI=1S/C20H15N3O4/c1-25-13-8-10-14(11-9-13)26-20(24)22-16-6-3-2-5-15(16)19-23-18-17(27-19)7-4-12-21-18/h2-12H,1H3,(H,22,24). The molecule has 2 aromatic heterocycles. The van der Waals surface area contributed by atoms with Crippen LogP contribution in [0.5, 0.6) is 11.5 Å². The Morgan fingerprint density at radius 2 is 1.78 bits per heavy atom. The third kappa shape index (κ3) is 3.57. The summed E-state index contributed by atoms with van der Waals surface area (Å²) in [5.74, 6) is 1.44. The topological polar surface area (TPSA) is 86.5 Å². The van der Waals surface area contributed by atoms with E-state index in [2.05, 4.69) is 15.3 Å². The fraction of sp³-hybridized carbons (Fsp3) is 0.0500. The van der Waals surface area contributed by atoms with Crippen LogP contribution in [0.1, 0.15) is 0 Å². The predicted molar refractivity (Wildman–Crippen MR) is 99.9 cm³/mol. The molecule has 0 spiro atoms. The van der Waals surface area contributed by atoms with Crippen LogP contribution in [0.2, 0.25) is 0 Å². The van der Waals surface area contributed by atoms with Gasteiger partial charge in [0.05, 0.1) is 18.4 Å². The number of oxazole rings is 1. The summed E-state index contributed by atoms with van der Waals surface area (Å²) in [5, 5.41) is 2.72. The van der Waals surface area contributed by atoms with Gasteiger partial charge in [0.2, 0.25) is 5.89 Å². The van der Waals surface area contributed by atoms with Crippen LogP contribution in [0, 0.1) is 0 Å². The van der Waals surface area contributed by atoms with Gasteiger partial charge in [-0.3, -0.25) is 5.32 Å². The van der Waals surface area contributed by atoms with Crippen LogP contribution < -0.4 is 14.8 Å². The lowest BCUT2D eigenvalue weighted by atomic mass is 10.2. The largest absolute Gasteiger partial charge is 0.497 e. The molecule has 1 N–H and O–H groups in total. The number of hydrogen-bond acceptors (Lipinski definition) is 6. The highest BCUT2D eigenvalue weighted by molar-refractivity contribution is 5.91. The van der Waals surface area contributed by atoms with E-state index in [1.165, 1.54) is 0 Å². The first kappa shape index (κ1) is 16.6. The van der Waals surface area contributed by atoms with Gasteiger partial charge in [-0.05, 0) is 48.5 Å². The van der Waals surface area contributed by atoms with Crippen molar-refractivity contribution in [2.24, 2.45) is 0 Å². The van der Waals surface area contributed by atoms with Gasteiger partial charge < -0.3 is 13.9 Å². The maximum absolute atomic E-state index is 12.3. The van der Waals surface area contributed by atoms with Crippen LogP contribution in [0.3, 0.4) is 0 Å². The number of nitrogens with zero attached hydrogens (tertiary/aromatic N) is 2. The molecule has 0 bridgehead atoms. The van der Waals surface area contributed by atoms with E-state index in [4.69, 9.17) is 13.9 Å². The van der Waals surface area contributed by atoms with Crippen molar-refractivity contribution in [1.29, 1.82) is 0 Å². The quantitative estimate of drug-likeness (QED) is 0.575. The molecular formula is C20H15N3O4. The molecule has 0 atom stereocenters. The molecule has 0 aliphatic carbocycles. The first-order chi connectivity index (χ1) is 13.2. The Hall–Kier alpha value is -3.87. The zero-order chi connectivity index (χ0) is 18.6. The molecule has 7 heteroatoms. The molecule has 0 saturated carbocycles. The van der Waals surface area contributed by atoms with E-state index >= 15 is 0 Å². The number of para-hydroxylation sites is 1. The Morgan fingerprint density at radius 1 is 1.00 bits per heavy atom. The Kier molecular flexibility index (Phi) is 4.40. The minimum atomic E-state index is -0.623. The van der Waals surface area contributed by atoms with E-state index in [0.29, 0.717) is 39.9 Å². The van der Waals surface area contributed by atoms with E-state index in [9.17, 15) is 4.79 Å². The average molecular weight is 361 g/mol. The number of aromatic nitrogens is 2. The van der Waals surface area contributed by atoms with Gasteiger partial charge in [-0.25, -0.2) is 9.78 Å². The summed E-state index contributed by atoms with van der Waals surface area (Å²) >= 11 is 0. The third-order valence-electron chi connectivity index (χ3n) is 3.83. The second-order valence-corrected chi connectivity index (χ2v) is 5.58. The first-order valence-electron chi connectivity index (χ1n) is 8.17. The lowest BCUT2D eigenvalue weighted by Crippen LogP contribution is -2.17. The van der Waals surface area contributed by atoms with Gasteiger partial charge in [0.15, 0.2) is 11.2 Å². The highest BCUT2D eigenvalue weighted by Gasteiger charge is 2.15. The predicted octanol–water partition coefficient (Wildman–Crippen LogP) is 4.51. The molecule has 4 rings (SSSR count). The number of anilines is 1. The molecule has 0 aliphatic rings. The minimum Gasteiger partial charge on any atom is -0.497 e. The van der Waals surface area contributed by atoms with E-state index in [-0.39, 0.29) is 0 Å². The molecule has 4 aromatic rings. The van der Waals surface area contributed by atoms with E-state index in [0.717, 1.165) is 0 Å². The van der Waals surface area contributed by atoms with Gasteiger partial charge in [-0.1, -0.05) is 12.1 Å². The zero-order valence-electron chi connectivity index (χ0n) is 14.4. The van der Waals surface area contributed by atoms with E-state index in [1.54, 1.807) is 67.9 Å². The lowest BCUT2D eigenvalue weighted by molar-refractivity contribution is 0.215. The van der Waals surface area contributed by atoms with E-state index < -0.39 is 6.09 Å². The number of carbonyl (C=O) groups is 1. The van der Waals surface area contributed by atoms with Gasteiger partial charge in [0, 0.05) is 6.20 Å². The third-order valence-corrected chi connectivity index (χ3v) is 3.83. The van der Waals surface area contributed by atoms with Crippen molar-refractivity contribution in [3.63, 3.8) is 0 Å². The molecule has 0 unspecified atom stereocenters. The SMILES string of the molecule is COc1ccc(OC(=O)Nc2ccccc2-c2nc3ncccc3o2)cc1. The molecule has 0 fully saturated rings. The molecule has 27 heavy (non-hydrogen) atoms. The van der Waals surface area contributed by atoms with Crippen LogP contribution in [-0.2, 0) is 0 Å². The number of pyridine rings is 1. The second kappa shape index (κ2) is 7.17. The molecule has 0 aliphatic heterocycles. The van der Waals surface area contributed by atoms with Crippen molar-refractivity contribution in [3.05, 3.63) is 66.9 Å². The van der Waals surface area contributed by atoms with Gasteiger partial charge in [-0.15, -0.1) is 0 Å². The number of carbonyl (C=O) groups excluding carboxylic acids is 1. The van der Waals surface area contributed by atoms with Crippen LogP contribution in [0.15, 0.2) is 71.3 Å². The van der Waals surface area contributed by atoms with Gasteiger partial charge in [-0.2, -0.15) is 4.98 Å². The van der Waals surface area contributed by atoms with Crippen molar-refractivity contribution in [1.82, 2.24) is 9.97 Å². The Morgan fingerprint density at radius 3 is 2.56 bits per heavy atom. The van der Waals surface area contributed by atoms with Crippen molar-refractivity contribution in [2.45, 2.75) is 0 Å². The van der Waals surface area contributed by atoms with Crippen LogP contribution in [-0.4, -0.2) is 23.2 Å². The number of benzene rings is 2. The summed E-state index contributed by atoms with van der Waals surface area (Å²) in [4.78, 5) is 20.8. The molecule has 134 valence electrons. The maximum atomic E-state index is 12.3. The maximum Gasteiger partial charge on any atom is 0.417 e. The summed E-state index contributed by atoms with van der Waals surface area (Å²) in [6.45, 7) is 0. The molecule has 0 radical (unpaired) electrons. The van der Waals surface area contributed by atoms with Crippen molar-refractivity contribution in [2.75, 3.05) is 12.4 Å². The summed E-state index contributed by atoms with van der Waals surface area (Å²) < 4.78 is 16.1. The van der Waals surface area contributed by atoms with Crippen LogP contribution in [0.4, 0.5) is 10.5 Å². The van der Waals surface area contributed by atoms with Crippen molar-refractivity contribution >= 4 is 23.0 Å². The monoisotopic (exact) mass is 361 g/mol. The van der Waals surface area contributed by atoms with Crippen LogP contribution in [0.25, 0.3) is 22.7 Å². The van der Waals surface area contributed by atoms with Crippen molar-refractivity contribution < 1.29 is 18.7 Å². The smallest absolute Gasteiger partial charge is 0.417 e. The normalized spacial score (nSPS) is 10.6. The number of amides is 1. The molecule has 1 amide bonds. The number of methoxy groups -OCH3 is 1. The zero-order valence-corrected chi connectivity index (χ0v) is 14.4. The Balaban J connectivity index is 1.56. The molecule has 2 aromatic carbocycles. The second-order valence-electron chi connectivity index (χ2n) is 5.58. The molecule has 2 heterocycles. The molecule has 0 saturated heterocycles. The molecular weight excluding hydrogens is 346 g/mol. The summed E-state index contributed by atoms with van der Waals surface area (Å²) in [7, 11) is 1.57. The van der Waals surface area contributed by atoms with E-state index in [1.807, 2.05) is 6.07 Å². The summed E-state index contributed by atoms with van der Waals surface area (Å²) in [6.07, 6.45) is 1.02. The van der Waals surface area contributed by atoms with Crippen LogP contribution >= 0.6 is 0 Å². The lowest BCUT2D eigenvalue weighted by Gasteiger charge is -2.09. The minimum absolute atomic E-state index is 0.365. The van der Waals surface area contributed by atoms with Gasteiger partial charge in [0.25, 0.3) is 0 Å². The summed E-state index contributed by atoms with van der Waals surface area (Å²) in [5.41, 5.74) is 2.22. The number of ether oxygens (including phenoxy) is 2. The highest BCUT2D eigenvalue weighted by atomic mass is 16.6. The van der Waals surface area contributed by atoms with Crippen molar-refractivity contribution in [3.8, 4) is 23.0 Å². The average Bonchev–Trinajstić information content (AvgIpc) is 3.13.